The smallest absolute Gasteiger partial charge is 0.167 e. The number of rotatable bonds is 2. The molecular formula is C8H9N7. The third-order valence-corrected chi connectivity index (χ3v) is 1.94. The first-order valence-electron chi connectivity index (χ1n) is 4.15. The van der Waals surface area contributed by atoms with E-state index in [0.29, 0.717) is 23.0 Å². The van der Waals surface area contributed by atoms with Gasteiger partial charge in [-0.25, -0.2) is 24.6 Å². The van der Waals surface area contributed by atoms with Crippen LogP contribution in [0.15, 0.2) is 17.6 Å². The zero-order chi connectivity index (χ0) is 10.8. The maximum Gasteiger partial charge on any atom is 0.167 e. The second kappa shape index (κ2) is 3.45. The van der Waals surface area contributed by atoms with Gasteiger partial charge in [0.2, 0.25) is 0 Å². The Bertz CT molecular complexity index is 501. The molecule has 76 valence electrons. The van der Waals surface area contributed by atoms with Gasteiger partial charge in [-0.2, -0.15) is 5.10 Å². The van der Waals surface area contributed by atoms with E-state index in [4.69, 9.17) is 5.73 Å². The molecule has 15 heavy (non-hydrogen) atoms. The molecule has 0 radical (unpaired) electrons. The van der Waals surface area contributed by atoms with Crippen LogP contribution in [0.4, 0.5) is 11.6 Å². The summed E-state index contributed by atoms with van der Waals surface area (Å²) in [6.45, 7) is 3.42. The van der Waals surface area contributed by atoms with E-state index in [2.05, 4.69) is 31.8 Å². The highest BCUT2D eigenvalue weighted by atomic mass is 15.3. The second-order valence-corrected chi connectivity index (χ2v) is 2.82. The Morgan fingerprint density at radius 1 is 1.33 bits per heavy atom. The first kappa shape index (κ1) is 9.25. The van der Waals surface area contributed by atoms with Crippen molar-refractivity contribution in [3.8, 4) is 11.4 Å². The minimum absolute atomic E-state index is 0.309. The Morgan fingerprint density at radius 2 is 2.13 bits per heavy atom. The van der Waals surface area contributed by atoms with Crippen molar-refractivity contribution in [1.82, 2.24) is 24.7 Å². The Hall–Kier alpha value is -2.31. The third-order valence-electron chi connectivity index (χ3n) is 1.94. The summed E-state index contributed by atoms with van der Waals surface area (Å²) < 4.78 is 1.57. The SMILES string of the molecule is C=Nc1ncnc(N)c1-c1ncnn1C. The van der Waals surface area contributed by atoms with Crippen molar-refractivity contribution in [1.29, 1.82) is 0 Å². The summed E-state index contributed by atoms with van der Waals surface area (Å²) >= 11 is 0. The van der Waals surface area contributed by atoms with Crippen LogP contribution in [0.3, 0.4) is 0 Å². The quantitative estimate of drug-likeness (QED) is 0.703. The molecule has 2 N–H and O–H groups in total. The summed E-state index contributed by atoms with van der Waals surface area (Å²) in [5.74, 6) is 1.28. The number of nitrogen functional groups attached to an aromatic ring is 1. The molecule has 0 aromatic carbocycles. The molecule has 0 aliphatic carbocycles. The number of nitrogens with two attached hydrogens (primary N) is 1. The number of aryl methyl sites for hydroxylation is 1. The predicted molar refractivity (Wildman–Crippen MR) is 55.7 cm³/mol. The van der Waals surface area contributed by atoms with Crippen molar-refractivity contribution >= 4 is 18.4 Å². The number of aromatic nitrogens is 5. The van der Waals surface area contributed by atoms with E-state index < -0.39 is 0 Å². The molecule has 7 nitrogen and oxygen atoms in total. The van der Waals surface area contributed by atoms with Gasteiger partial charge in [-0.1, -0.05) is 0 Å². The van der Waals surface area contributed by atoms with Crippen LogP contribution in [0.25, 0.3) is 11.4 Å². The van der Waals surface area contributed by atoms with Gasteiger partial charge in [-0.3, -0.25) is 0 Å². The molecule has 0 fully saturated rings. The van der Waals surface area contributed by atoms with Gasteiger partial charge in [0.15, 0.2) is 11.6 Å². The van der Waals surface area contributed by atoms with Crippen molar-refractivity contribution < 1.29 is 0 Å². The van der Waals surface area contributed by atoms with E-state index in [9.17, 15) is 0 Å². The Balaban J connectivity index is 2.71. The molecule has 0 aliphatic heterocycles. The fourth-order valence-electron chi connectivity index (χ4n) is 1.25. The van der Waals surface area contributed by atoms with Gasteiger partial charge >= 0.3 is 0 Å². The lowest BCUT2D eigenvalue weighted by Gasteiger charge is -2.05. The minimum Gasteiger partial charge on any atom is -0.383 e. The van der Waals surface area contributed by atoms with Crippen molar-refractivity contribution in [3.63, 3.8) is 0 Å². The molecule has 0 amide bonds. The second-order valence-electron chi connectivity index (χ2n) is 2.82. The highest BCUT2D eigenvalue weighted by molar-refractivity contribution is 5.78. The lowest BCUT2D eigenvalue weighted by molar-refractivity contribution is 0.774. The van der Waals surface area contributed by atoms with Gasteiger partial charge in [0.25, 0.3) is 0 Å². The van der Waals surface area contributed by atoms with E-state index >= 15 is 0 Å². The van der Waals surface area contributed by atoms with Gasteiger partial charge < -0.3 is 5.73 Å². The number of nitrogens with zero attached hydrogens (tertiary/aromatic N) is 6. The van der Waals surface area contributed by atoms with Gasteiger partial charge in [-0.15, -0.1) is 0 Å². The lowest BCUT2D eigenvalue weighted by atomic mass is 10.2. The zero-order valence-corrected chi connectivity index (χ0v) is 8.12. The van der Waals surface area contributed by atoms with E-state index in [1.807, 2.05) is 0 Å². The fraction of sp³-hybridized carbons (Fsp3) is 0.125. The average Bonchev–Trinajstić information content (AvgIpc) is 2.64. The zero-order valence-electron chi connectivity index (χ0n) is 8.12. The van der Waals surface area contributed by atoms with E-state index in [1.54, 1.807) is 11.7 Å². The highest BCUT2D eigenvalue weighted by Gasteiger charge is 2.14. The lowest BCUT2D eigenvalue weighted by Crippen LogP contribution is -2.01. The summed E-state index contributed by atoms with van der Waals surface area (Å²) in [5.41, 5.74) is 6.29. The molecule has 2 heterocycles. The first-order valence-corrected chi connectivity index (χ1v) is 4.15. The fourth-order valence-corrected chi connectivity index (χ4v) is 1.25. The molecule has 0 bridgehead atoms. The van der Waals surface area contributed by atoms with E-state index in [-0.39, 0.29) is 0 Å². The van der Waals surface area contributed by atoms with Gasteiger partial charge in [0, 0.05) is 7.05 Å². The maximum absolute atomic E-state index is 5.74. The third kappa shape index (κ3) is 1.43. The van der Waals surface area contributed by atoms with Crippen LogP contribution in [0.2, 0.25) is 0 Å². The predicted octanol–water partition coefficient (Wildman–Crippen LogP) is 0.186. The number of anilines is 1. The molecule has 0 saturated carbocycles. The Labute approximate surface area is 85.7 Å². The molecule has 0 aliphatic rings. The molecule has 0 saturated heterocycles. The van der Waals surface area contributed by atoms with Crippen LogP contribution in [0, 0.1) is 0 Å². The molecule has 7 heteroatoms. The first-order chi connectivity index (χ1) is 7.24. The van der Waals surface area contributed by atoms with Crippen LogP contribution in [0.1, 0.15) is 0 Å². The number of hydrogen-bond donors (Lipinski definition) is 1. The summed E-state index contributed by atoms with van der Waals surface area (Å²) in [7, 11) is 1.75. The van der Waals surface area contributed by atoms with E-state index in [1.165, 1.54) is 12.7 Å². The van der Waals surface area contributed by atoms with Crippen molar-refractivity contribution in [2.24, 2.45) is 12.0 Å². The molecular weight excluding hydrogens is 194 g/mol. The standard InChI is InChI=1S/C8H9N7/c1-10-7-5(6(9)11-3-12-7)8-13-4-14-15(8)2/h3-4H,1H2,2H3,(H2,9,11,12). The molecule has 0 unspecified atom stereocenters. The van der Waals surface area contributed by atoms with Crippen LogP contribution in [0.5, 0.6) is 0 Å². The van der Waals surface area contributed by atoms with Crippen molar-refractivity contribution in [3.05, 3.63) is 12.7 Å². The number of aliphatic imine (C=N–C) groups is 1. The molecule has 2 aromatic rings. The Kier molecular flexibility index (Phi) is 2.13. The van der Waals surface area contributed by atoms with Gasteiger partial charge in [0.05, 0.1) is 0 Å². The van der Waals surface area contributed by atoms with Crippen LogP contribution in [-0.2, 0) is 7.05 Å². The molecule has 2 rings (SSSR count). The summed E-state index contributed by atoms with van der Waals surface area (Å²) in [5, 5.41) is 3.94. The van der Waals surface area contributed by atoms with Crippen molar-refractivity contribution in [2.75, 3.05) is 5.73 Å². The summed E-state index contributed by atoms with van der Waals surface area (Å²) in [6, 6.07) is 0. The molecule has 2 aromatic heterocycles. The van der Waals surface area contributed by atoms with Gasteiger partial charge in [0.1, 0.15) is 24.0 Å². The van der Waals surface area contributed by atoms with Crippen LogP contribution >= 0.6 is 0 Å². The summed E-state index contributed by atoms with van der Waals surface area (Å²) in [4.78, 5) is 15.7. The van der Waals surface area contributed by atoms with Gasteiger partial charge in [-0.05, 0) is 6.72 Å². The maximum atomic E-state index is 5.74. The summed E-state index contributed by atoms with van der Waals surface area (Å²) in [6.07, 6.45) is 2.76. The average molecular weight is 203 g/mol. The molecule has 0 spiro atoms. The van der Waals surface area contributed by atoms with Crippen molar-refractivity contribution in [2.45, 2.75) is 0 Å². The van der Waals surface area contributed by atoms with Crippen LogP contribution in [-0.4, -0.2) is 31.4 Å². The largest absolute Gasteiger partial charge is 0.383 e. The normalized spacial score (nSPS) is 10.2. The van der Waals surface area contributed by atoms with E-state index in [0.717, 1.165) is 0 Å². The number of hydrogen-bond acceptors (Lipinski definition) is 6. The Morgan fingerprint density at radius 3 is 2.73 bits per heavy atom. The monoisotopic (exact) mass is 203 g/mol. The minimum atomic E-state index is 0.309. The highest BCUT2D eigenvalue weighted by Crippen LogP contribution is 2.29. The topological polar surface area (TPSA) is 94.9 Å². The van der Waals surface area contributed by atoms with Crippen LogP contribution < -0.4 is 5.73 Å². The molecule has 0 atom stereocenters.